The van der Waals surface area contributed by atoms with Crippen LogP contribution in [0.1, 0.15) is 37.8 Å². The van der Waals surface area contributed by atoms with Crippen LogP contribution in [0, 0.1) is 11.8 Å². The molecule has 1 aromatic carbocycles. The summed E-state index contributed by atoms with van der Waals surface area (Å²) in [7, 11) is 0. The van der Waals surface area contributed by atoms with Crippen molar-refractivity contribution in [2.45, 2.75) is 37.5 Å². The zero-order valence-corrected chi connectivity index (χ0v) is 14.2. The van der Waals surface area contributed by atoms with Crippen molar-refractivity contribution in [1.82, 2.24) is 4.90 Å². The van der Waals surface area contributed by atoms with Crippen LogP contribution >= 0.6 is 11.8 Å². The van der Waals surface area contributed by atoms with Crippen LogP contribution in [0.4, 0.5) is 0 Å². The molecule has 1 aromatic rings. The van der Waals surface area contributed by atoms with E-state index in [4.69, 9.17) is 5.11 Å². The van der Waals surface area contributed by atoms with E-state index in [1.165, 1.54) is 5.56 Å². The van der Waals surface area contributed by atoms with E-state index < -0.39 is 5.97 Å². The Balaban J connectivity index is 1.79. The summed E-state index contributed by atoms with van der Waals surface area (Å²) in [6.45, 7) is 2.93. The molecular formula is C18H23NO3S. The van der Waals surface area contributed by atoms with Crippen LogP contribution in [0.15, 0.2) is 30.3 Å². The molecule has 23 heavy (non-hydrogen) atoms. The lowest BCUT2D eigenvalue weighted by Gasteiger charge is -2.41. The molecular weight excluding hydrogens is 310 g/mol. The molecule has 5 heteroatoms. The maximum absolute atomic E-state index is 13.0. The first-order valence-corrected chi connectivity index (χ1v) is 9.32. The molecule has 1 N–H and O–H groups in total. The molecule has 3 rings (SSSR count). The highest BCUT2D eigenvalue weighted by atomic mass is 32.2. The minimum Gasteiger partial charge on any atom is -0.481 e. The molecule has 0 bridgehead atoms. The molecule has 1 saturated heterocycles. The molecule has 0 aromatic heterocycles. The Bertz CT molecular complexity index is 577. The van der Waals surface area contributed by atoms with Gasteiger partial charge in [-0.15, -0.1) is 0 Å². The highest BCUT2D eigenvalue weighted by Gasteiger charge is 2.40. The Morgan fingerprint density at radius 3 is 2.52 bits per heavy atom. The first-order chi connectivity index (χ1) is 11.1. The van der Waals surface area contributed by atoms with Gasteiger partial charge in [0, 0.05) is 23.5 Å². The number of carbonyl (C=O) groups excluding carboxylic acids is 1. The van der Waals surface area contributed by atoms with Crippen molar-refractivity contribution in [3.05, 3.63) is 35.9 Å². The summed E-state index contributed by atoms with van der Waals surface area (Å²) in [6.07, 6.45) is 1.82. The Hall–Kier alpha value is -1.49. The van der Waals surface area contributed by atoms with Crippen molar-refractivity contribution in [3.8, 4) is 0 Å². The SMILES string of the molecule is CC1SCCN(C(=O)[C@@H]2CC[C@H](C(=O)O)C2)C1c1ccccc1. The molecule has 2 fully saturated rings. The van der Waals surface area contributed by atoms with Crippen molar-refractivity contribution >= 4 is 23.6 Å². The largest absolute Gasteiger partial charge is 0.481 e. The van der Waals surface area contributed by atoms with Crippen molar-refractivity contribution in [3.63, 3.8) is 0 Å². The molecule has 0 radical (unpaired) electrons. The predicted molar refractivity (Wildman–Crippen MR) is 91.3 cm³/mol. The van der Waals surface area contributed by atoms with E-state index >= 15 is 0 Å². The van der Waals surface area contributed by atoms with Gasteiger partial charge in [0.1, 0.15) is 0 Å². The summed E-state index contributed by atoms with van der Waals surface area (Å²) in [5, 5.41) is 9.52. The highest BCUT2D eigenvalue weighted by Crippen LogP contribution is 2.39. The summed E-state index contributed by atoms with van der Waals surface area (Å²) in [5.41, 5.74) is 1.17. The maximum Gasteiger partial charge on any atom is 0.306 e. The molecule has 0 spiro atoms. The fourth-order valence-electron chi connectivity index (χ4n) is 3.83. The van der Waals surface area contributed by atoms with E-state index in [-0.39, 0.29) is 23.8 Å². The smallest absolute Gasteiger partial charge is 0.306 e. The zero-order chi connectivity index (χ0) is 16.4. The van der Waals surface area contributed by atoms with E-state index in [2.05, 4.69) is 19.1 Å². The zero-order valence-electron chi connectivity index (χ0n) is 13.4. The van der Waals surface area contributed by atoms with Crippen molar-refractivity contribution < 1.29 is 14.7 Å². The third kappa shape index (κ3) is 3.39. The van der Waals surface area contributed by atoms with Crippen molar-refractivity contribution in [1.29, 1.82) is 0 Å². The van der Waals surface area contributed by atoms with Gasteiger partial charge in [-0.25, -0.2) is 0 Å². The normalized spacial score (nSPS) is 31.1. The van der Waals surface area contributed by atoms with Gasteiger partial charge in [0.05, 0.1) is 12.0 Å². The first kappa shape index (κ1) is 16.4. The summed E-state index contributed by atoms with van der Waals surface area (Å²) >= 11 is 1.90. The van der Waals surface area contributed by atoms with Gasteiger partial charge in [-0.2, -0.15) is 11.8 Å². The van der Waals surface area contributed by atoms with Gasteiger partial charge in [-0.05, 0) is 24.8 Å². The van der Waals surface area contributed by atoms with Gasteiger partial charge in [0.2, 0.25) is 5.91 Å². The van der Waals surface area contributed by atoms with Gasteiger partial charge >= 0.3 is 5.97 Å². The van der Waals surface area contributed by atoms with E-state index in [1.54, 1.807) is 0 Å². The lowest BCUT2D eigenvalue weighted by Crippen LogP contribution is -2.46. The molecule has 1 aliphatic carbocycles. The Kier molecular flexibility index (Phi) is 4.95. The summed E-state index contributed by atoms with van der Waals surface area (Å²) in [6, 6.07) is 10.3. The Morgan fingerprint density at radius 1 is 1.17 bits per heavy atom. The maximum atomic E-state index is 13.0. The van der Waals surface area contributed by atoms with Crippen LogP contribution in [0.2, 0.25) is 0 Å². The molecule has 1 heterocycles. The number of nitrogens with zero attached hydrogens (tertiary/aromatic N) is 1. The lowest BCUT2D eigenvalue weighted by atomic mass is 9.98. The van der Waals surface area contributed by atoms with Crippen molar-refractivity contribution in [2.24, 2.45) is 11.8 Å². The van der Waals surface area contributed by atoms with Gasteiger partial charge in [-0.1, -0.05) is 37.3 Å². The van der Waals surface area contributed by atoms with Gasteiger partial charge in [-0.3, -0.25) is 9.59 Å². The number of carboxylic acids is 1. The minimum absolute atomic E-state index is 0.0892. The van der Waals surface area contributed by atoms with Crippen LogP contribution in [0.3, 0.4) is 0 Å². The number of carbonyl (C=O) groups is 2. The average molecular weight is 333 g/mol. The van der Waals surface area contributed by atoms with Crippen LogP contribution in [-0.2, 0) is 9.59 Å². The van der Waals surface area contributed by atoms with Crippen LogP contribution < -0.4 is 0 Å². The average Bonchev–Trinajstić information content (AvgIpc) is 3.05. The minimum atomic E-state index is -0.762. The van der Waals surface area contributed by atoms with Crippen molar-refractivity contribution in [2.75, 3.05) is 12.3 Å². The standard InChI is InChI=1S/C18H23NO3S/c1-12-16(13-5-3-2-4-6-13)19(9-10-23-12)17(20)14-7-8-15(11-14)18(21)22/h2-6,12,14-16H,7-11H2,1H3,(H,21,22)/t12?,14-,15+,16?/m1/s1. The van der Waals surface area contributed by atoms with Crippen LogP contribution in [0.25, 0.3) is 0 Å². The number of rotatable bonds is 3. The Morgan fingerprint density at radius 2 is 1.87 bits per heavy atom. The lowest BCUT2D eigenvalue weighted by molar-refractivity contribution is -0.142. The quantitative estimate of drug-likeness (QED) is 0.923. The highest BCUT2D eigenvalue weighted by molar-refractivity contribution is 8.00. The predicted octanol–water partition coefficient (Wildman–Crippen LogP) is 3.19. The third-order valence-corrected chi connectivity index (χ3v) is 6.25. The van der Waals surface area contributed by atoms with Crippen LogP contribution in [-0.4, -0.2) is 39.4 Å². The summed E-state index contributed by atoms with van der Waals surface area (Å²) in [4.78, 5) is 26.2. The number of carboxylic acid groups (broad SMARTS) is 1. The van der Waals surface area contributed by atoms with E-state index in [1.807, 2.05) is 34.9 Å². The molecule has 4 nitrogen and oxygen atoms in total. The molecule has 2 aliphatic rings. The number of thioether (sulfide) groups is 1. The summed E-state index contributed by atoms with van der Waals surface area (Å²) in [5.74, 6) is -0.142. The molecule has 4 atom stereocenters. The fourth-order valence-corrected chi connectivity index (χ4v) is 4.99. The molecule has 124 valence electrons. The summed E-state index contributed by atoms with van der Waals surface area (Å²) < 4.78 is 0. The Labute approximate surface area is 141 Å². The van der Waals surface area contributed by atoms with Gasteiger partial charge in [0.25, 0.3) is 0 Å². The number of aliphatic carboxylic acids is 1. The molecule has 1 saturated carbocycles. The van der Waals surface area contributed by atoms with E-state index in [0.29, 0.717) is 24.5 Å². The molecule has 1 aliphatic heterocycles. The first-order valence-electron chi connectivity index (χ1n) is 8.27. The second-order valence-corrected chi connectivity index (χ2v) is 7.99. The number of benzene rings is 1. The van der Waals surface area contributed by atoms with E-state index in [9.17, 15) is 9.59 Å². The van der Waals surface area contributed by atoms with Crippen LogP contribution in [0.5, 0.6) is 0 Å². The van der Waals surface area contributed by atoms with Gasteiger partial charge in [0.15, 0.2) is 0 Å². The monoisotopic (exact) mass is 333 g/mol. The van der Waals surface area contributed by atoms with E-state index in [0.717, 1.165) is 12.3 Å². The molecule has 1 amide bonds. The number of hydrogen-bond acceptors (Lipinski definition) is 3. The number of amides is 1. The second-order valence-electron chi connectivity index (χ2n) is 6.51. The fraction of sp³-hybridized carbons (Fsp3) is 0.556. The second kappa shape index (κ2) is 6.95. The third-order valence-electron chi connectivity index (χ3n) is 5.05. The molecule has 2 unspecified atom stereocenters. The number of hydrogen-bond donors (Lipinski definition) is 1. The topological polar surface area (TPSA) is 57.6 Å². The van der Waals surface area contributed by atoms with Gasteiger partial charge < -0.3 is 10.0 Å².